The minimum atomic E-state index is -0.383. The maximum atomic E-state index is 11.8. The number of amides is 1. The van der Waals surface area contributed by atoms with Gasteiger partial charge in [-0.25, -0.2) is 4.79 Å². The van der Waals surface area contributed by atoms with Crippen molar-refractivity contribution in [2.45, 2.75) is 18.9 Å². The minimum absolute atomic E-state index is 0.0232. The number of ether oxygens (including phenoxy) is 1. The second kappa shape index (κ2) is 6.07. The molecule has 1 atom stereocenters. The quantitative estimate of drug-likeness (QED) is 0.918. The third-order valence-corrected chi connectivity index (χ3v) is 3.41. The lowest BCUT2D eigenvalue weighted by Gasteiger charge is -2.24. The number of hydrogen-bond donors (Lipinski definition) is 1. The minimum Gasteiger partial charge on any atom is -0.447 e. The summed E-state index contributed by atoms with van der Waals surface area (Å²) < 4.78 is 4.96. The van der Waals surface area contributed by atoms with Crippen LogP contribution < -0.4 is 0 Å². The fraction of sp³-hybridized carbons (Fsp3) is 0.462. The lowest BCUT2D eigenvalue weighted by Crippen LogP contribution is -2.31. The molecule has 1 saturated heterocycles. The molecule has 0 spiro atoms. The highest BCUT2D eigenvalue weighted by Gasteiger charge is 2.31. The molecule has 1 aromatic carbocycles. The molecule has 1 aliphatic rings. The van der Waals surface area contributed by atoms with Crippen LogP contribution in [-0.2, 0) is 4.74 Å². The van der Waals surface area contributed by atoms with Crippen molar-refractivity contribution in [1.82, 2.24) is 4.90 Å². The molecule has 18 heavy (non-hydrogen) atoms. The molecule has 0 saturated carbocycles. The van der Waals surface area contributed by atoms with Crippen molar-refractivity contribution in [2.75, 3.05) is 19.8 Å². The summed E-state index contributed by atoms with van der Waals surface area (Å²) in [6.07, 6.45) is 1.44. The number of likely N-dealkylation sites (tertiary alicyclic amines) is 1. The summed E-state index contributed by atoms with van der Waals surface area (Å²) in [5.41, 5.74) is 0.956. The predicted molar refractivity (Wildman–Crippen MR) is 68.6 cm³/mol. The lowest BCUT2D eigenvalue weighted by molar-refractivity contribution is 0.0807. The van der Waals surface area contributed by atoms with E-state index in [0.29, 0.717) is 11.6 Å². The van der Waals surface area contributed by atoms with Gasteiger partial charge in [0.15, 0.2) is 0 Å². The zero-order valence-corrected chi connectivity index (χ0v) is 10.8. The number of carbonyl (C=O) groups is 1. The molecule has 0 aliphatic carbocycles. The fourth-order valence-corrected chi connectivity index (χ4v) is 2.53. The highest BCUT2D eigenvalue weighted by Crippen LogP contribution is 2.35. The highest BCUT2D eigenvalue weighted by atomic mass is 35.5. The first-order valence-corrected chi connectivity index (χ1v) is 6.40. The van der Waals surface area contributed by atoms with Crippen molar-refractivity contribution in [1.29, 1.82) is 0 Å². The van der Waals surface area contributed by atoms with Crippen LogP contribution in [0, 0.1) is 0 Å². The van der Waals surface area contributed by atoms with E-state index in [9.17, 15) is 4.79 Å². The zero-order valence-electron chi connectivity index (χ0n) is 10.0. The first-order valence-electron chi connectivity index (χ1n) is 6.02. The van der Waals surface area contributed by atoms with E-state index in [1.165, 1.54) is 0 Å². The second-order valence-corrected chi connectivity index (χ2v) is 4.62. The van der Waals surface area contributed by atoms with E-state index in [-0.39, 0.29) is 25.3 Å². The molecule has 1 heterocycles. The third kappa shape index (κ3) is 2.76. The van der Waals surface area contributed by atoms with Crippen LogP contribution in [0.5, 0.6) is 0 Å². The van der Waals surface area contributed by atoms with E-state index in [1.807, 2.05) is 24.3 Å². The Bertz CT molecular complexity index is 424. The fourth-order valence-electron chi connectivity index (χ4n) is 2.27. The van der Waals surface area contributed by atoms with Crippen molar-refractivity contribution in [3.8, 4) is 0 Å². The number of aliphatic hydroxyl groups excluding tert-OH is 1. The molecule has 1 amide bonds. The maximum absolute atomic E-state index is 11.8. The van der Waals surface area contributed by atoms with E-state index in [0.717, 1.165) is 18.4 Å². The molecule has 0 radical (unpaired) electrons. The van der Waals surface area contributed by atoms with Crippen molar-refractivity contribution in [2.24, 2.45) is 0 Å². The van der Waals surface area contributed by atoms with Crippen LogP contribution in [0.1, 0.15) is 24.4 Å². The summed E-state index contributed by atoms with van der Waals surface area (Å²) in [5.74, 6) is 0. The van der Waals surface area contributed by atoms with Gasteiger partial charge in [0.25, 0.3) is 0 Å². The molecule has 2 rings (SSSR count). The van der Waals surface area contributed by atoms with E-state index in [1.54, 1.807) is 4.90 Å². The largest absolute Gasteiger partial charge is 0.447 e. The Balaban J connectivity index is 2.12. The van der Waals surface area contributed by atoms with Crippen LogP contribution in [0.4, 0.5) is 4.79 Å². The van der Waals surface area contributed by atoms with Crippen LogP contribution >= 0.6 is 11.6 Å². The molecule has 4 nitrogen and oxygen atoms in total. The predicted octanol–water partition coefficient (Wildman–Crippen LogP) is 2.61. The smallest absolute Gasteiger partial charge is 0.410 e. The topological polar surface area (TPSA) is 49.8 Å². The first-order chi connectivity index (χ1) is 8.74. The van der Waals surface area contributed by atoms with E-state index in [2.05, 4.69) is 0 Å². The Labute approximate surface area is 111 Å². The summed E-state index contributed by atoms with van der Waals surface area (Å²) in [6, 6.07) is 7.52. The maximum Gasteiger partial charge on any atom is 0.410 e. The molecule has 0 aromatic heterocycles. The number of halogens is 1. The molecular weight excluding hydrogens is 254 g/mol. The van der Waals surface area contributed by atoms with Crippen LogP contribution in [0.25, 0.3) is 0 Å². The van der Waals surface area contributed by atoms with Gasteiger partial charge in [0, 0.05) is 11.6 Å². The van der Waals surface area contributed by atoms with Gasteiger partial charge in [-0.3, -0.25) is 0 Å². The third-order valence-electron chi connectivity index (χ3n) is 3.07. The van der Waals surface area contributed by atoms with Gasteiger partial charge in [0.05, 0.1) is 12.6 Å². The van der Waals surface area contributed by atoms with Crippen LogP contribution in [-0.4, -0.2) is 35.9 Å². The first kappa shape index (κ1) is 13.2. The molecule has 1 aromatic rings. The Morgan fingerprint density at radius 3 is 3.00 bits per heavy atom. The molecular formula is C13H16ClNO3. The SMILES string of the molecule is O=C(OCCO)N1CCCC1c1ccccc1Cl. The summed E-state index contributed by atoms with van der Waals surface area (Å²) >= 11 is 6.16. The Hall–Kier alpha value is -1.26. The summed E-state index contributed by atoms with van der Waals surface area (Å²) in [7, 11) is 0. The van der Waals surface area contributed by atoms with Gasteiger partial charge in [-0.15, -0.1) is 0 Å². The lowest BCUT2D eigenvalue weighted by atomic mass is 10.0. The molecule has 5 heteroatoms. The molecule has 1 fully saturated rings. The van der Waals surface area contributed by atoms with Gasteiger partial charge >= 0.3 is 6.09 Å². The van der Waals surface area contributed by atoms with E-state index < -0.39 is 0 Å². The second-order valence-electron chi connectivity index (χ2n) is 4.21. The van der Waals surface area contributed by atoms with Crippen LogP contribution in [0.3, 0.4) is 0 Å². The average molecular weight is 270 g/mol. The van der Waals surface area contributed by atoms with Crippen molar-refractivity contribution < 1.29 is 14.6 Å². The van der Waals surface area contributed by atoms with E-state index in [4.69, 9.17) is 21.4 Å². The summed E-state index contributed by atoms with van der Waals surface area (Å²) in [4.78, 5) is 13.5. The van der Waals surface area contributed by atoms with Gasteiger partial charge in [0.2, 0.25) is 0 Å². The normalized spacial score (nSPS) is 19.0. The molecule has 0 bridgehead atoms. The molecule has 1 unspecified atom stereocenters. The van der Waals surface area contributed by atoms with Gasteiger partial charge in [-0.05, 0) is 24.5 Å². The number of aliphatic hydroxyl groups is 1. The van der Waals surface area contributed by atoms with Crippen molar-refractivity contribution in [3.63, 3.8) is 0 Å². The molecule has 1 N–H and O–H groups in total. The highest BCUT2D eigenvalue weighted by molar-refractivity contribution is 6.31. The molecule has 98 valence electrons. The van der Waals surface area contributed by atoms with Gasteiger partial charge in [0.1, 0.15) is 6.61 Å². The molecule has 1 aliphatic heterocycles. The number of hydrogen-bond acceptors (Lipinski definition) is 3. The van der Waals surface area contributed by atoms with Gasteiger partial charge in [-0.1, -0.05) is 29.8 Å². The number of nitrogens with zero attached hydrogens (tertiary/aromatic N) is 1. The van der Waals surface area contributed by atoms with E-state index >= 15 is 0 Å². The van der Waals surface area contributed by atoms with Gasteiger partial charge in [-0.2, -0.15) is 0 Å². The van der Waals surface area contributed by atoms with Crippen LogP contribution in [0.15, 0.2) is 24.3 Å². The number of rotatable bonds is 3. The van der Waals surface area contributed by atoms with Crippen LogP contribution in [0.2, 0.25) is 5.02 Å². The summed E-state index contributed by atoms with van der Waals surface area (Å²) in [6.45, 7) is 0.543. The van der Waals surface area contributed by atoms with Crippen molar-refractivity contribution in [3.05, 3.63) is 34.9 Å². The Morgan fingerprint density at radius 2 is 2.28 bits per heavy atom. The summed E-state index contributed by atoms with van der Waals surface area (Å²) in [5, 5.41) is 9.34. The Kier molecular flexibility index (Phi) is 4.44. The van der Waals surface area contributed by atoms with Crippen molar-refractivity contribution >= 4 is 17.7 Å². The average Bonchev–Trinajstić information content (AvgIpc) is 2.85. The zero-order chi connectivity index (χ0) is 13.0. The monoisotopic (exact) mass is 269 g/mol. The Morgan fingerprint density at radius 1 is 1.50 bits per heavy atom. The number of benzene rings is 1. The number of carbonyl (C=O) groups excluding carboxylic acids is 1. The standard InChI is InChI=1S/C13H16ClNO3/c14-11-5-2-1-4-10(11)12-6-3-7-15(12)13(17)18-9-8-16/h1-2,4-5,12,16H,3,6-9H2. The van der Waals surface area contributed by atoms with Gasteiger partial charge < -0.3 is 14.7 Å².